The lowest BCUT2D eigenvalue weighted by Crippen LogP contribution is -2.05. The monoisotopic (exact) mass is 363 g/mol. The van der Waals surface area contributed by atoms with Gasteiger partial charge >= 0.3 is 5.97 Å². The number of hydrogen-bond donors (Lipinski definition) is 0. The van der Waals surface area contributed by atoms with E-state index in [1.165, 1.54) is 0 Å². The van der Waals surface area contributed by atoms with Crippen LogP contribution < -0.4 is 0 Å². The van der Waals surface area contributed by atoms with Crippen LogP contribution in [0.25, 0.3) is 17.4 Å². The maximum atomic E-state index is 12.1. The Kier molecular flexibility index (Phi) is 4.19. The highest BCUT2D eigenvalue weighted by molar-refractivity contribution is 6.30. The molecule has 1 aliphatic heterocycles. The van der Waals surface area contributed by atoms with Crippen LogP contribution in [0.4, 0.5) is 0 Å². The molecule has 1 aliphatic rings. The summed E-state index contributed by atoms with van der Waals surface area (Å²) in [7, 11) is 0. The zero-order valence-corrected chi connectivity index (χ0v) is 14.7. The van der Waals surface area contributed by atoms with E-state index in [-0.39, 0.29) is 5.70 Å². The number of rotatable bonds is 3. The molecule has 0 spiro atoms. The second kappa shape index (κ2) is 6.65. The molecule has 26 heavy (non-hydrogen) atoms. The van der Waals surface area contributed by atoms with E-state index in [0.29, 0.717) is 22.4 Å². The molecule has 2 aromatic carbocycles. The van der Waals surface area contributed by atoms with Gasteiger partial charge < -0.3 is 9.15 Å². The van der Waals surface area contributed by atoms with E-state index in [9.17, 15) is 4.79 Å². The van der Waals surface area contributed by atoms with E-state index in [4.69, 9.17) is 20.8 Å². The first-order chi connectivity index (χ1) is 12.6. The minimum atomic E-state index is -0.495. The minimum Gasteiger partial charge on any atom is -0.457 e. The number of ether oxygens (including phenoxy) is 1. The third-order valence-corrected chi connectivity index (χ3v) is 4.21. The Bertz CT molecular complexity index is 1030. The van der Waals surface area contributed by atoms with Gasteiger partial charge in [-0.1, -0.05) is 29.3 Å². The van der Waals surface area contributed by atoms with Crippen LogP contribution in [0, 0.1) is 6.92 Å². The van der Waals surface area contributed by atoms with Crippen LogP contribution in [0.15, 0.2) is 75.8 Å². The Hall–Kier alpha value is -3.11. The largest absolute Gasteiger partial charge is 0.457 e. The first-order valence-electron chi connectivity index (χ1n) is 8.04. The maximum Gasteiger partial charge on any atom is 0.363 e. The predicted octanol–water partition coefficient (Wildman–Crippen LogP) is 5.25. The van der Waals surface area contributed by atoms with Crippen molar-refractivity contribution in [3.8, 4) is 11.3 Å². The number of nitrogens with zero attached hydrogens (tertiary/aromatic N) is 1. The lowest BCUT2D eigenvalue weighted by atomic mass is 10.1. The van der Waals surface area contributed by atoms with Crippen molar-refractivity contribution in [2.75, 3.05) is 0 Å². The number of cyclic esters (lactones) is 1. The van der Waals surface area contributed by atoms with Crippen LogP contribution in [0.3, 0.4) is 0 Å². The Morgan fingerprint density at radius 1 is 0.923 bits per heavy atom. The molecule has 0 unspecified atom stereocenters. The summed E-state index contributed by atoms with van der Waals surface area (Å²) < 4.78 is 11.0. The van der Waals surface area contributed by atoms with E-state index >= 15 is 0 Å². The normalized spacial score (nSPS) is 15.2. The van der Waals surface area contributed by atoms with E-state index in [1.807, 2.05) is 49.4 Å². The van der Waals surface area contributed by atoms with E-state index in [2.05, 4.69) is 4.99 Å². The number of aryl methyl sites for hydroxylation is 1. The number of hydrogen-bond acceptors (Lipinski definition) is 4. The third-order valence-electron chi connectivity index (χ3n) is 3.95. The number of furan rings is 1. The average Bonchev–Trinajstić information content (AvgIpc) is 3.24. The number of aliphatic imine (C=N–C) groups is 1. The Labute approximate surface area is 155 Å². The van der Waals surface area contributed by atoms with Gasteiger partial charge in [-0.25, -0.2) is 9.79 Å². The molecule has 0 saturated heterocycles. The van der Waals surface area contributed by atoms with Gasteiger partial charge in [-0.15, -0.1) is 0 Å². The summed E-state index contributed by atoms with van der Waals surface area (Å²) in [4.78, 5) is 16.4. The van der Waals surface area contributed by atoms with Crippen LogP contribution in [-0.2, 0) is 9.53 Å². The highest BCUT2D eigenvalue weighted by Crippen LogP contribution is 2.26. The Morgan fingerprint density at radius 2 is 1.62 bits per heavy atom. The zero-order valence-electron chi connectivity index (χ0n) is 13.9. The second-order valence-corrected chi connectivity index (χ2v) is 6.35. The lowest BCUT2D eigenvalue weighted by molar-refractivity contribution is -0.129. The fraction of sp³-hybridized carbons (Fsp3) is 0.0476. The highest BCUT2D eigenvalue weighted by atomic mass is 35.5. The van der Waals surface area contributed by atoms with Crippen molar-refractivity contribution in [2.45, 2.75) is 6.92 Å². The summed E-state index contributed by atoms with van der Waals surface area (Å²) in [5, 5.41) is 0.661. The molecule has 0 aliphatic carbocycles. The van der Waals surface area contributed by atoms with Crippen LogP contribution in [-0.4, -0.2) is 11.9 Å². The van der Waals surface area contributed by atoms with Crippen molar-refractivity contribution in [1.29, 1.82) is 0 Å². The standard InChI is InChI=1S/C21H14ClNO3/c1-13-2-4-15(5-3-13)20-23-18(21(24)26-20)12-17-10-11-19(25-17)14-6-8-16(22)9-7-14/h2-12H,1H3. The summed E-state index contributed by atoms with van der Waals surface area (Å²) in [5.74, 6) is 1.01. The fourth-order valence-electron chi connectivity index (χ4n) is 2.56. The molecule has 0 radical (unpaired) electrons. The number of esters is 1. The molecule has 2 heterocycles. The number of halogens is 1. The van der Waals surface area contributed by atoms with Crippen LogP contribution >= 0.6 is 11.6 Å². The molecule has 0 saturated carbocycles. The fourth-order valence-corrected chi connectivity index (χ4v) is 2.69. The van der Waals surface area contributed by atoms with Crippen molar-refractivity contribution >= 4 is 29.5 Å². The molecule has 4 rings (SSSR count). The van der Waals surface area contributed by atoms with Gasteiger partial charge in [0.05, 0.1) is 0 Å². The lowest BCUT2D eigenvalue weighted by Gasteiger charge is -1.99. The molecule has 0 bridgehead atoms. The zero-order chi connectivity index (χ0) is 18.1. The third kappa shape index (κ3) is 3.32. The van der Waals surface area contributed by atoms with Crippen molar-refractivity contribution in [1.82, 2.24) is 0 Å². The summed E-state index contributed by atoms with van der Waals surface area (Å²) in [6, 6.07) is 18.6. The van der Waals surface area contributed by atoms with Gasteiger partial charge in [-0.05, 0) is 55.5 Å². The van der Waals surface area contributed by atoms with Gasteiger partial charge in [0.15, 0.2) is 5.70 Å². The molecule has 1 aromatic heterocycles. The summed E-state index contributed by atoms with van der Waals surface area (Å²) in [6.45, 7) is 1.99. The summed E-state index contributed by atoms with van der Waals surface area (Å²) in [6.07, 6.45) is 1.57. The molecule has 5 heteroatoms. The SMILES string of the molecule is Cc1ccc(C2=NC(=Cc3ccc(-c4ccc(Cl)cc4)o3)C(=O)O2)cc1. The quantitative estimate of drug-likeness (QED) is 0.471. The van der Waals surface area contributed by atoms with E-state index in [0.717, 1.165) is 16.7 Å². The van der Waals surface area contributed by atoms with Crippen LogP contribution in [0.1, 0.15) is 16.9 Å². The van der Waals surface area contributed by atoms with Gasteiger partial charge in [0.1, 0.15) is 11.5 Å². The molecule has 0 atom stereocenters. The molecule has 4 nitrogen and oxygen atoms in total. The topological polar surface area (TPSA) is 51.8 Å². The summed E-state index contributed by atoms with van der Waals surface area (Å²) >= 11 is 5.90. The Balaban J connectivity index is 1.61. The Morgan fingerprint density at radius 3 is 2.35 bits per heavy atom. The molecule has 0 N–H and O–H groups in total. The van der Waals surface area contributed by atoms with Crippen molar-refractivity contribution in [3.05, 3.63) is 88.3 Å². The predicted molar refractivity (Wildman–Crippen MR) is 101 cm³/mol. The highest BCUT2D eigenvalue weighted by Gasteiger charge is 2.24. The van der Waals surface area contributed by atoms with Gasteiger partial charge in [0.25, 0.3) is 0 Å². The maximum absolute atomic E-state index is 12.1. The van der Waals surface area contributed by atoms with Gasteiger partial charge in [-0.3, -0.25) is 0 Å². The van der Waals surface area contributed by atoms with Crippen molar-refractivity contribution < 1.29 is 13.9 Å². The van der Waals surface area contributed by atoms with Crippen molar-refractivity contribution in [3.63, 3.8) is 0 Å². The number of carbonyl (C=O) groups is 1. The minimum absolute atomic E-state index is 0.206. The second-order valence-electron chi connectivity index (χ2n) is 5.91. The molecule has 128 valence electrons. The summed E-state index contributed by atoms with van der Waals surface area (Å²) in [5.41, 5.74) is 2.99. The molecule has 0 fully saturated rings. The number of carbonyl (C=O) groups excluding carboxylic acids is 1. The first kappa shape index (κ1) is 16.4. The van der Waals surface area contributed by atoms with E-state index < -0.39 is 5.97 Å². The molecular weight excluding hydrogens is 350 g/mol. The van der Waals surface area contributed by atoms with Crippen LogP contribution in [0.2, 0.25) is 5.02 Å². The number of benzene rings is 2. The average molecular weight is 364 g/mol. The smallest absolute Gasteiger partial charge is 0.363 e. The van der Waals surface area contributed by atoms with Gasteiger partial charge in [-0.2, -0.15) is 0 Å². The van der Waals surface area contributed by atoms with E-state index in [1.54, 1.807) is 24.3 Å². The molecular formula is C21H14ClNO3. The van der Waals surface area contributed by atoms with Crippen LogP contribution in [0.5, 0.6) is 0 Å². The van der Waals surface area contributed by atoms with Gasteiger partial charge in [0, 0.05) is 22.2 Å². The molecule has 3 aromatic rings. The van der Waals surface area contributed by atoms with Gasteiger partial charge in [0.2, 0.25) is 5.90 Å². The first-order valence-corrected chi connectivity index (χ1v) is 8.42. The molecule has 0 amide bonds. The van der Waals surface area contributed by atoms with Crippen molar-refractivity contribution in [2.24, 2.45) is 4.99 Å².